The van der Waals surface area contributed by atoms with Gasteiger partial charge in [0.2, 0.25) is 5.95 Å². The Kier molecular flexibility index (Phi) is 7.06. The van der Waals surface area contributed by atoms with Crippen LogP contribution in [0.2, 0.25) is 0 Å². The molecule has 1 aromatic heterocycles. The van der Waals surface area contributed by atoms with Crippen LogP contribution < -0.4 is 15.4 Å². The molecule has 124 valence electrons. The lowest BCUT2D eigenvalue weighted by Gasteiger charge is -2.10. The second-order valence-electron chi connectivity index (χ2n) is 4.93. The summed E-state index contributed by atoms with van der Waals surface area (Å²) in [5.74, 6) is 2.11. The van der Waals surface area contributed by atoms with Gasteiger partial charge in [0.1, 0.15) is 5.75 Å². The fraction of sp³-hybridized carbons (Fsp3) is 0.438. The number of para-hydroxylation sites is 1. The monoisotopic (exact) mass is 317 g/mol. The Bertz CT molecular complexity index is 594. The van der Waals surface area contributed by atoms with Crippen molar-refractivity contribution in [3.63, 3.8) is 0 Å². The van der Waals surface area contributed by atoms with E-state index in [1.807, 2.05) is 18.2 Å². The summed E-state index contributed by atoms with van der Waals surface area (Å²) < 4.78 is 10.3. The Morgan fingerprint density at radius 3 is 2.78 bits per heavy atom. The topological polar surface area (TPSA) is 81.2 Å². The first-order valence-electron chi connectivity index (χ1n) is 7.62. The molecule has 1 heterocycles. The molecule has 0 amide bonds. The molecule has 7 nitrogen and oxygen atoms in total. The molecule has 1 aromatic carbocycles. The summed E-state index contributed by atoms with van der Waals surface area (Å²) in [6.07, 6.45) is 3.35. The maximum Gasteiger partial charge on any atom is 0.244 e. The molecular formula is C16H23N5O2. The zero-order valence-corrected chi connectivity index (χ0v) is 13.6. The molecule has 0 fully saturated rings. The molecule has 0 aliphatic carbocycles. The average molecular weight is 317 g/mol. The van der Waals surface area contributed by atoms with Gasteiger partial charge < -0.3 is 20.1 Å². The van der Waals surface area contributed by atoms with Crippen LogP contribution in [0.4, 0.5) is 11.8 Å². The van der Waals surface area contributed by atoms with Gasteiger partial charge in [0, 0.05) is 26.8 Å². The summed E-state index contributed by atoms with van der Waals surface area (Å²) in [5, 5.41) is 14.3. The Labute approximate surface area is 136 Å². The number of anilines is 2. The third-order valence-electron chi connectivity index (χ3n) is 3.26. The maximum atomic E-state index is 5.35. The minimum Gasteiger partial charge on any atom is -0.496 e. The fourth-order valence-electron chi connectivity index (χ4n) is 2.12. The molecule has 0 unspecified atom stereocenters. The van der Waals surface area contributed by atoms with Crippen LogP contribution in [0.3, 0.4) is 0 Å². The van der Waals surface area contributed by atoms with E-state index in [0.717, 1.165) is 37.2 Å². The number of hydrogen-bond donors (Lipinski definition) is 2. The van der Waals surface area contributed by atoms with Crippen molar-refractivity contribution in [1.29, 1.82) is 0 Å². The van der Waals surface area contributed by atoms with Gasteiger partial charge in [-0.2, -0.15) is 10.1 Å². The summed E-state index contributed by atoms with van der Waals surface area (Å²) in [6, 6.07) is 7.99. The van der Waals surface area contributed by atoms with Gasteiger partial charge >= 0.3 is 0 Å². The van der Waals surface area contributed by atoms with Gasteiger partial charge in [0.25, 0.3) is 0 Å². The molecule has 2 rings (SSSR count). The van der Waals surface area contributed by atoms with E-state index in [1.54, 1.807) is 20.4 Å². The van der Waals surface area contributed by atoms with Gasteiger partial charge in [-0.3, -0.25) is 0 Å². The van der Waals surface area contributed by atoms with Crippen LogP contribution in [0.15, 0.2) is 30.5 Å². The predicted octanol–water partition coefficient (Wildman–Crippen LogP) is 1.98. The highest BCUT2D eigenvalue weighted by Gasteiger charge is 2.03. The van der Waals surface area contributed by atoms with Crippen molar-refractivity contribution in [2.45, 2.75) is 12.8 Å². The van der Waals surface area contributed by atoms with Crippen molar-refractivity contribution >= 4 is 11.8 Å². The highest BCUT2D eigenvalue weighted by molar-refractivity contribution is 5.38. The van der Waals surface area contributed by atoms with E-state index in [2.05, 4.69) is 31.9 Å². The van der Waals surface area contributed by atoms with Gasteiger partial charge in [-0.25, -0.2) is 0 Å². The molecule has 2 aromatic rings. The molecule has 23 heavy (non-hydrogen) atoms. The third kappa shape index (κ3) is 5.71. The quantitative estimate of drug-likeness (QED) is 0.648. The van der Waals surface area contributed by atoms with E-state index >= 15 is 0 Å². The van der Waals surface area contributed by atoms with E-state index in [0.29, 0.717) is 18.4 Å². The molecule has 7 heteroatoms. The van der Waals surface area contributed by atoms with Crippen molar-refractivity contribution in [3.05, 3.63) is 36.0 Å². The lowest BCUT2D eigenvalue weighted by Crippen LogP contribution is -2.12. The molecule has 0 bridgehead atoms. The van der Waals surface area contributed by atoms with E-state index in [-0.39, 0.29) is 0 Å². The number of rotatable bonds is 10. The largest absolute Gasteiger partial charge is 0.496 e. The second-order valence-corrected chi connectivity index (χ2v) is 4.93. The number of nitrogens with one attached hydrogen (secondary N) is 2. The fourth-order valence-corrected chi connectivity index (χ4v) is 2.12. The summed E-state index contributed by atoms with van der Waals surface area (Å²) in [7, 11) is 3.37. The summed E-state index contributed by atoms with van der Waals surface area (Å²) in [5.41, 5.74) is 1.16. The normalized spacial score (nSPS) is 10.3. The van der Waals surface area contributed by atoms with Crippen LogP contribution in [0.25, 0.3) is 0 Å². The van der Waals surface area contributed by atoms with Crippen LogP contribution in [-0.4, -0.2) is 49.1 Å². The third-order valence-corrected chi connectivity index (χ3v) is 3.26. The number of nitrogens with zero attached hydrogens (tertiary/aromatic N) is 3. The first-order valence-corrected chi connectivity index (χ1v) is 7.62. The molecule has 0 atom stereocenters. The van der Waals surface area contributed by atoms with Crippen molar-refractivity contribution < 1.29 is 9.47 Å². The summed E-state index contributed by atoms with van der Waals surface area (Å²) >= 11 is 0. The lowest BCUT2D eigenvalue weighted by molar-refractivity contribution is 0.197. The molecule has 0 saturated carbocycles. The molecule has 0 radical (unpaired) electrons. The van der Waals surface area contributed by atoms with Gasteiger partial charge in [-0.15, -0.1) is 5.10 Å². The number of hydrogen-bond acceptors (Lipinski definition) is 7. The predicted molar refractivity (Wildman–Crippen MR) is 90.0 cm³/mol. The van der Waals surface area contributed by atoms with Crippen LogP contribution in [0.1, 0.15) is 12.0 Å². The number of aromatic nitrogens is 3. The van der Waals surface area contributed by atoms with E-state index in [1.165, 1.54) is 0 Å². The zero-order valence-electron chi connectivity index (χ0n) is 13.6. The van der Waals surface area contributed by atoms with E-state index in [9.17, 15) is 0 Å². The molecule has 0 aliphatic rings. The Morgan fingerprint density at radius 2 is 1.96 bits per heavy atom. The van der Waals surface area contributed by atoms with Gasteiger partial charge in [-0.05, 0) is 24.5 Å². The van der Waals surface area contributed by atoms with Gasteiger partial charge in [-0.1, -0.05) is 18.2 Å². The van der Waals surface area contributed by atoms with E-state index < -0.39 is 0 Å². The number of ether oxygens (including phenoxy) is 2. The summed E-state index contributed by atoms with van der Waals surface area (Å²) in [6.45, 7) is 2.19. The van der Waals surface area contributed by atoms with Crippen molar-refractivity contribution in [1.82, 2.24) is 15.2 Å². The number of methoxy groups -OCH3 is 2. The smallest absolute Gasteiger partial charge is 0.244 e. The maximum absolute atomic E-state index is 5.35. The first-order chi connectivity index (χ1) is 11.3. The van der Waals surface area contributed by atoms with Crippen molar-refractivity contribution in [2.75, 3.05) is 44.5 Å². The van der Waals surface area contributed by atoms with Crippen LogP contribution in [0, 0.1) is 0 Å². The highest BCUT2D eigenvalue weighted by Crippen LogP contribution is 2.17. The Hall–Kier alpha value is -2.41. The minimum atomic E-state index is 0.517. The lowest BCUT2D eigenvalue weighted by atomic mass is 10.1. The molecule has 0 spiro atoms. The minimum absolute atomic E-state index is 0.517. The van der Waals surface area contributed by atoms with Crippen molar-refractivity contribution in [2.24, 2.45) is 0 Å². The van der Waals surface area contributed by atoms with Gasteiger partial charge in [0.05, 0.1) is 13.3 Å². The molecular weight excluding hydrogens is 294 g/mol. The van der Waals surface area contributed by atoms with Crippen LogP contribution in [-0.2, 0) is 11.2 Å². The average Bonchev–Trinajstić information content (AvgIpc) is 2.60. The highest BCUT2D eigenvalue weighted by atomic mass is 16.5. The summed E-state index contributed by atoms with van der Waals surface area (Å²) in [4.78, 5) is 4.38. The van der Waals surface area contributed by atoms with Gasteiger partial charge in [0.15, 0.2) is 5.82 Å². The molecule has 2 N–H and O–H groups in total. The van der Waals surface area contributed by atoms with Crippen molar-refractivity contribution in [3.8, 4) is 5.75 Å². The first kappa shape index (κ1) is 17.0. The standard InChI is InChI=1S/C16H23N5O2/c1-22-11-5-9-18-16-20-15(12-19-21-16)17-10-8-13-6-3-4-7-14(13)23-2/h3-4,6-7,12H,5,8-11H2,1-2H3,(H2,17,18,20,21). The SMILES string of the molecule is COCCCNc1nncc(NCCc2ccccc2OC)n1. The molecule has 0 aliphatic heterocycles. The Morgan fingerprint density at radius 1 is 1.09 bits per heavy atom. The zero-order chi connectivity index (χ0) is 16.3. The van der Waals surface area contributed by atoms with Crippen LogP contribution in [0.5, 0.6) is 5.75 Å². The second kappa shape index (κ2) is 9.58. The Balaban J connectivity index is 1.81. The van der Waals surface area contributed by atoms with E-state index in [4.69, 9.17) is 9.47 Å². The number of benzene rings is 1. The van der Waals surface area contributed by atoms with Crippen LogP contribution >= 0.6 is 0 Å². The molecule has 0 saturated heterocycles.